The summed E-state index contributed by atoms with van der Waals surface area (Å²) >= 11 is 0. The number of likely N-dealkylation sites (tertiary alicyclic amines) is 1. The number of hydrogen-bond donors (Lipinski definition) is 1. The van der Waals surface area contributed by atoms with Crippen LogP contribution in [-0.2, 0) is 4.79 Å². The third-order valence-corrected chi connectivity index (χ3v) is 3.18. The molecule has 1 N–H and O–H groups in total. The highest BCUT2D eigenvalue weighted by Gasteiger charge is 2.34. The van der Waals surface area contributed by atoms with Gasteiger partial charge in [0.25, 0.3) is 0 Å². The van der Waals surface area contributed by atoms with Gasteiger partial charge in [0, 0.05) is 19.1 Å². The second-order valence-corrected chi connectivity index (χ2v) is 4.43. The largest absolute Gasteiger partial charge is 0.480 e. The van der Waals surface area contributed by atoms with E-state index in [-0.39, 0.29) is 24.7 Å². The predicted octanol–water partition coefficient (Wildman–Crippen LogP) is 1.39. The molecule has 1 heterocycles. The highest BCUT2D eigenvalue weighted by molar-refractivity contribution is 5.80. The first-order valence-electron chi connectivity index (χ1n) is 5.72. The van der Waals surface area contributed by atoms with Gasteiger partial charge in [-0.2, -0.15) is 0 Å². The van der Waals surface area contributed by atoms with Crippen LogP contribution in [0, 0.1) is 0 Å². The maximum absolute atomic E-state index is 12.0. The van der Waals surface area contributed by atoms with E-state index >= 15 is 0 Å². The summed E-state index contributed by atoms with van der Waals surface area (Å²) in [5.41, 5.74) is 0. The molecule has 1 aliphatic heterocycles. The normalized spacial score (nSPS) is 24.6. The van der Waals surface area contributed by atoms with Crippen molar-refractivity contribution in [2.45, 2.75) is 45.2 Å². The van der Waals surface area contributed by atoms with Crippen LogP contribution in [0.4, 0.5) is 4.79 Å². The summed E-state index contributed by atoms with van der Waals surface area (Å²) in [5, 5.41) is 8.65. The molecular formula is C11H20N2O3. The first kappa shape index (κ1) is 12.8. The molecule has 5 heteroatoms. The number of hydrogen-bond acceptors (Lipinski definition) is 2. The van der Waals surface area contributed by atoms with Crippen LogP contribution in [0.2, 0.25) is 0 Å². The first-order valence-corrected chi connectivity index (χ1v) is 5.72. The van der Waals surface area contributed by atoms with Crippen LogP contribution in [0.15, 0.2) is 0 Å². The highest BCUT2D eigenvalue weighted by Crippen LogP contribution is 2.26. The van der Waals surface area contributed by atoms with Crippen molar-refractivity contribution < 1.29 is 14.7 Å². The molecule has 0 aliphatic carbocycles. The van der Waals surface area contributed by atoms with Crippen molar-refractivity contribution in [2.24, 2.45) is 0 Å². The summed E-state index contributed by atoms with van der Waals surface area (Å²) in [5.74, 6) is -0.976. The van der Waals surface area contributed by atoms with Gasteiger partial charge in [-0.1, -0.05) is 6.92 Å². The lowest BCUT2D eigenvalue weighted by molar-refractivity contribution is -0.137. The minimum Gasteiger partial charge on any atom is -0.480 e. The van der Waals surface area contributed by atoms with E-state index in [1.165, 1.54) is 11.9 Å². The molecule has 0 aromatic rings. The lowest BCUT2D eigenvalue weighted by Gasteiger charge is -2.31. The van der Waals surface area contributed by atoms with Gasteiger partial charge in [0.2, 0.25) is 0 Å². The van der Waals surface area contributed by atoms with Crippen molar-refractivity contribution >= 4 is 12.0 Å². The molecule has 0 spiro atoms. The van der Waals surface area contributed by atoms with E-state index in [0.29, 0.717) is 0 Å². The molecule has 92 valence electrons. The fourth-order valence-electron chi connectivity index (χ4n) is 2.28. The Balaban J connectivity index is 2.67. The van der Waals surface area contributed by atoms with Crippen molar-refractivity contribution in [2.75, 3.05) is 13.6 Å². The van der Waals surface area contributed by atoms with E-state index in [4.69, 9.17) is 5.11 Å². The second-order valence-electron chi connectivity index (χ2n) is 4.43. The molecule has 5 nitrogen and oxygen atoms in total. The third kappa shape index (κ3) is 2.65. The molecule has 1 aliphatic rings. The SMILES string of the molecule is CCC1CCC(C)N1C(=O)N(C)CC(=O)O. The molecule has 1 fully saturated rings. The van der Waals surface area contributed by atoms with Gasteiger partial charge in [-0.3, -0.25) is 4.79 Å². The van der Waals surface area contributed by atoms with Crippen molar-refractivity contribution in [3.8, 4) is 0 Å². The van der Waals surface area contributed by atoms with Gasteiger partial charge in [0.05, 0.1) is 0 Å². The molecule has 0 bridgehead atoms. The maximum atomic E-state index is 12.0. The quantitative estimate of drug-likeness (QED) is 0.794. The van der Waals surface area contributed by atoms with E-state index in [1.807, 2.05) is 11.8 Å². The van der Waals surface area contributed by atoms with Crippen LogP contribution in [0.3, 0.4) is 0 Å². The molecule has 0 aromatic heterocycles. The zero-order chi connectivity index (χ0) is 12.3. The molecule has 1 rings (SSSR count). The van der Waals surface area contributed by atoms with Crippen LogP contribution in [0.25, 0.3) is 0 Å². The van der Waals surface area contributed by atoms with E-state index < -0.39 is 5.97 Å². The van der Waals surface area contributed by atoms with Crippen molar-refractivity contribution in [3.05, 3.63) is 0 Å². The Labute approximate surface area is 96.0 Å². The highest BCUT2D eigenvalue weighted by atomic mass is 16.4. The Morgan fingerprint density at radius 1 is 1.44 bits per heavy atom. The number of carbonyl (C=O) groups is 2. The van der Waals surface area contributed by atoms with Crippen LogP contribution >= 0.6 is 0 Å². The average Bonchev–Trinajstić information content (AvgIpc) is 2.57. The summed E-state index contributed by atoms with van der Waals surface area (Å²) in [6.07, 6.45) is 2.95. The van der Waals surface area contributed by atoms with Crippen LogP contribution < -0.4 is 0 Å². The third-order valence-electron chi connectivity index (χ3n) is 3.18. The smallest absolute Gasteiger partial charge is 0.323 e. The predicted molar refractivity (Wildman–Crippen MR) is 60.3 cm³/mol. The molecule has 1 saturated heterocycles. The van der Waals surface area contributed by atoms with E-state index in [1.54, 1.807) is 0 Å². The summed E-state index contributed by atoms with van der Waals surface area (Å²) < 4.78 is 0. The molecule has 0 radical (unpaired) electrons. The van der Waals surface area contributed by atoms with Gasteiger partial charge in [0.1, 0.15) is 6.54 Å². The lowest BCUT2D eigenvalue weighted by Crippen LogP contribution is -2.48. The van der Waals surface area contributed by atoms with E-state index in [9.17, 15) is 9.59 Å². The molecule has 16 heavy (non-hydrogen) atoms. The first-order chi connectivity index (χ1) is 7.47. The Bertz CT molecular complexity index is 280. The number of aliphatic carboxylic acids is 1. The van der Waals surface area contributed by atoms with Gasteiger partial charge in [-0.25, -0.2) is 4.79 Å². The fourth-order valence-corrected chi connectivity index (χ4v) is 2.28. The molecule has 2 amide bonds. The van der Waals surface area contributed by atoms with Crippen molar-refractivity contribution in [1.29, 1.82) is 0 Å². The van der Waals surface area contributed by atoms with Crippen LogP contribution in [0.5, 0.6) is 0 Å². The van der Waals surface area contributed by atoms with Gasteiger partial charge < -0.3 is 14.9 Å². The Kier molecular flexibility index (Phi) is 4.15. The van der Waals surface area contributed by atoms with Gasteiger partial charge in [-0.15, -0.1) is 0 Å². The number of rotatable bonds is 3. The second kappa shape index (κ2) is 5.18. The Hall–Kier alpha value is -1.26. The average molecular weight is 228 g/mol. The minimum atomic E-state index is -0.976. The topological polar surface area (TPSA) is 60.9 Å². The number of likely N-dealkylation sites (N-methyl/N-ethyl adjacent to an activating group) is 1. The lowest BCUT2D eigenvalue weighted by atomic mass is 10.2. The van der Waals surface area contributed by atoms with E-state index in [2.05, 4.69) is 6.92 Å². The summed E-state index contributed by atoms with van der Waals surface area (Å²) in [4.78, 5) is 25.7. The molecule has 0 aromatic carbocycles. The van der Waals surface area contributed by atoms with Gasteiger partial charge >= 0.3 is 12.0 Å². The Morgan fingerprint density at radius 2 is 2.06 bits per heavy atom. The minimum absolute atomic E-state index is 0.167. The van der Waals surface area contributed by atoms with Crippen LogP contribution in [-0.4, -0.2) is 52.6 Å². The summed E-state index contributed by atoms with van der Waals surface area (Å²) in [7, 11) is 1.54. The zero-order valence-corrected chi connectivity index (χ0v) is 10.1. The van der Waals surface area contributed by atoms with Crippen molar-refractivity contribution in [3.63, 3.8) is 0 Å². The number of nitrogens with zero attached hydrogens (tertiary/aromatic N) is 2. The molecule has 2 atom stereocenters. The molecule has 0 saturated carbocycles. The fraction of sp³-hybridized carbons (Fsp3) is 0.818. The maximum Gasteiger partial charge on any atom is 0.323 e. The van der Waals surface area contributed by atoms with E-state index in [0.717, 1.165) is 19.3 Å². The summed E-state index contributed by atoms with van der Waals surface area (Å²) in [6, 6.07) is 0.312. The molecule has 2 unspecified atom stereocenters. The number of urea groups is 1. The van der Waals surface area contributed by atoms with Crippen LogP contribution in [0.1, 0.15) is 33.1 Å². The van der Waals surface area contributed by atoms with Crippen molar-refractivity contribution in [1.82, 2.24) is 9.80 Å². The van der Waals surface area contributed by atoms with Gasteiger partial charge in [0.15, 0.2) is 0 Å². The number of carboxylic acid groups (broad SMARTS) is 1. The Morgan fingerprint density at radius 3 is 2.56 bits per heavy atom. The standard InChI is InChI=1S/C11H20N2O3/c1-4-9-6-5-8(2)13(9)11(16)12(3)7-10(14)15/h8-9H,4-7H2,1-3H3,(H,14,15). The summed E-state index contributed by atoms with van der Waals surface area (Å²) in [6.45, 7) is 3.83. The number of amides is 2. The number of carboxylic acids is 1. The molecular weight excluding hydrogens is 208 g/mol. The number of carbonyl (C=O) groups excluding carboxylic acids is 1. The van der Waals surface area contributed by atoms with Gasteiger partial charge in [-0.05, 0) is 26.2 Å². The zero-order valence-electron chi connectivity index (χ0n) is 10.1. The monoisotopic (exact) mass is 228 g/mol.